The summed E-state index contributed by atoms with van der Waals surface area (Å²) in [5, 5.41) is 21.9. The summed E-state index contributed by atoms with van der Waals surface area (Å²) in [7, 11) is 0. The second-order valence-corrected chi connectivity index (χ2v) is 4.91. The maximum absolute atomic E-state index is 10.5. The van der Waals surface area contributed by atoms with E-state index >= 15 is 0 Å². The van der Waals surface area contributed by atoms with Crippen molar-refractivity contribution in [1.29, 1.82) is 0 Å². The Balaban J connectivity index is 1.87. The Kier molecular flexibility index (Phi) is 3.57. The van der Waals surface area contributed by atoms with E-state index in [1.807, 2.05) is 30.3 Å². The summed E-state index contributed by atoms with van der Waals surface area (Å²) in [5.74, 6) is 0. The second-order valence-electron chi connectivity index (χ2n) is 4.91. The number of aromatic nitrogens is 3. The van der Waals surface area contributed by atoms with Crippen LogP contribution in [0.3, 0.4) is 0 Å². The van der Waals surface area contributed by atoms with Gasteiger partial charge in [0.15, 0.2) is 0 Å². The molecule has 1 aliphatic heterocycles. The van der Waals surface area contributed by atoms with Gasteiger partial charge in [-0.05, 0) is 31.5 Å². The molecule has 0 saturated carbocycles. The van der Waals surface area contributed by atoms with E-state index in [0.717, 1.165) is 30.8 Å². The molecule has 0 amide bonds. The highest BCUT2D eigenvalue weighted by Gasteiger charge is 2.26. The minimum Gasteiger partial charge on any atom is -0.385 e. The lowest BCUT2D eigenvalue weighted by Gasteiger charge is -2.27. The minimum absolute atomic E-state index is 0.0923. The average Bonchev–Trinajstić information content (AvgIpc) is 2.98. The first-order chi connectivity index (χ1) is 9.36. The summed E-state index contributed by atoms with van der Waals surface area (Å²) < 4.78 is 1.71. The van der Waals surface area contributed by atoms with Crippen molar-refractivity contribution in [3.05, 3.63) is 42.2 Å². The summed E-state index contributed by atoms with van der Waals surface area (Å²) in [6.45, 7) is 0.967. The van der Waals surface area contributed by atoms with Crippen molar-refractivity contribution in [3.63, 3.8) is 0 Å². The summed E-state index contributed by atoms with van der Waals surface area (Å²) in [6, 6.07) is 9.87. The average molecular weight is 258 g/mol. The van der Waals surface area contributed by atoms with Gasteiger partial charge in [0, 0.05) is 6.04 Å². The van der Waals surface area contributed by atoms with Gasteiger partial charge < -0.3 is 10.4 Å². The Hall–Kier alpha value is -1.72. The minimum atomic E-state index is -0.574. The number of para-hydroxylation sites is 1. The Labute approximate surface area is 112 Å². The third-order valence-electron chi connectivity index (χ3n) is 3.61. The first kappa shape index (κ1) is 12.3. The maximum atomic E-state index is 10.5. The van der Waals surface area contributed by atoms with E-state index in [1.54, 1.807) is 10.9 Å². The smallest absolute Gasteiger partial charge is 0.113 e. The highest BCUT2D eigenvalue weighted by atomic mass is 16.3. The van der Waals surface area contributed by atoms with Crippen LogP contribution in [0.5, 0.6) is 0 Å². The molecule has 2 aromatic rings. The predicted molar refractivity (Wildman–Crippen MR) is 72.0 cm³/mol. The van der Waals surface area contributed by atoms with Crippen molar-refractivity contribution in [2.45, 2.75) is 31.4 Å². The normalized spacial score (nSPS) is 21.2. The largest absolute Gasteiger partial charge is 0.385 e. The number of benzene rings is 1. The maximum Gasteiger partial charge on any atom is 0.113 e. The molecule has 0 bridgehead atoms. The van der Waals surface area contributed by atoms with E-state index in [1.165, 1.54) is 6.42 Å². The monoisotopic (exact) mass is 258 g/mol. The first-order valence-electron chi connectivity index (χ1n) is 6.74. The molecule has 19 heavy (non-hydrogen) atoms. The van der Waals surface area contributed by atoms with Crippen molar-refractivity contribution >= 4 is 0 Å². The van der Waals surface area contributed by atoms with Crippen LogP contribution < -0.4 is 5.32 Å². The van der Waals surface area contributed by atoms with Crippen molar-refractivity contribution in [2.75, 3.05) is 6.54 Å². The Morgan fingerprint density at radius 3 is 2.84 bits per heavy atom. The van der Waals surface area contributed by atoms with E-state index in [9.17, 15) is 5.11 Å². The zero-order chi connectivity index (χ0) is 13.1. The third-order valence-corrected chi connectivity index (χ3v) is 3.61. The Morgan fingerprint density at radius 1 is 1.26 bits per heavy atom. The van der Waals surface area contributed by atoms with Crippen molar-refractivity contribution < 1.29 is 5.11 Å². The van der Waals surface area contributed by atoms with Crippen LogP contribution in [0, 0.1) is 0 Å². The number of hydrogen-bond acceptors (Lipinski definition) is 4. The van der Waals surface area contributed by atoms with E-state index in [2.05, 4.69) is 15.6 Å². The van der Waals surface area contributed by atoms with Crippen LogP contribution in [-0.2, 0) is 0 Å². The molecule has 1 fully saturated rings. The molecule has 0 radical (unpaired) electrons. The Bertz CT molecular complexity index is 519. The standard InChI is InChI=1S/C14H18N4O/c19-14(12-8-4-5-9-15-12)13-10-16-17-18(13)11-6-2-1-3-7-11/h1-3,6-7,10,12,14-15,19H,4-5,8-9H2. The van der Waals surface area contributed by atoms with Gasteiger partial charge in [-0.3, -0.25) is 0 Å². The van der Waals surface area contributed by atoms with E-state index in [4.69, 9.17) is 0 Å². The lowest BCUT2D eigenvalue weighted by atomic mass is 9.98. The summed E-state index contributed by atoms with van der Waals surface area (Å²) >= 11 is 0. The molecular weight excluding hydrogens is 240 g/mol. The Morgan fingerprint density at radius 2 is 2.11 bits per heavy atom. The molecule has 3 rings (SSSR count). The fourth-order valence-electron chi connectivity index (χ4n) is 2.57. The number of hydrogen-bond donors (Lipinski definition) is 2. The molecular formula is C14H18N4O. The topological polar surface area (TPSA) is 63.0 Å². The number of nitrogens with one attached hydrogen (secondary N) is 1. The van der Waals surface area contributed by atoms with Crippen LogP contribution in [-0.4, -0.2) is 32.7 Å². The molecule has 2 atom stereocenters. The van der Waals surface area contributed by atoms with Gasteiger partial charge in [0.25, 0.3) is 0 Å². The predicted octanol–water partition coefficient (Wildman–Crippen LogP) is 1.44. The van der Waals surface area contributed by atoms with Crippen LogP contribution in [0.2, 0.25) is 0 Å². The van der Waals surface area contributed by atoms with Crippen LogP contribution in [0.1, 0.15) is 31.1 Å². The van der Waals surface area contributed by atoms with Crippen LogP contribution in [0.15, 0.2) is 36.5 Å². The van der Waals surface area contributed by atoms with Crippen LogP contribution in [0.4, 0.5) is 0 Å². The molecule has 1 aromatic carbocycles. The molecule has 1 aromatic heterocycles. The SMILES string of the molecule is OC(c1cnnn1-c1ccccc1)C1CCCCN1. The zero-order valence-corrected chi connectivity index (χ0v) is 10.7. The summed E-state index contributed by atoms with van der Waals surface area (Å²) in [6.07, 6.45) is 4.39. The fraction of sp³-hybridized carbons (Fsp3) is 0.429. The molecule has 5 heteroatoms. The highest BCUT2D eigenvalue weighted by Crippen LogP contribution is 2.23. The molecule has 2 N–H and O–H groups in total. The molecule has 2 unspecified atom stereocenters. The lowest BCUT2D eigenvalue weighted by Crippen LogP contribution is -2.39. The van der Waals surface area contributed by atoms with Gasteiger partial charge in [0.1, 0.15) is 6.10 Å². The summed E-state index contributed by atoms with van der Waals surface area (Å²) in [4.78, 5) is 0. The molecule has 0 spiro atoms. The van der Waals surface area contributed by atoms with Crippen molar-refractivity contribution in [2.24, 2.45) is 0 Å². The van der Waals surface area contributed by atoms with Gasteiger partial charge >= 0.3 is 0 Å². The van der Waals surface area contributed by atoms with Gasteiger partial charge in [0.05, 0.1) is 17.6 Å². The van der Waals surface area contributed by atoms with Crippen molar-refractivity contribution in [3.8, 4) is 5.69 Å². The molecule has 100 valence electrons. The second kappa shape index (κ2) is 5.50. The zero-order valence-electron chi connectivity index (χ0n) is 10.7. The highest BCUT2D eigenvalue weighted by molar-refractivity contribution is 5.32. The number of aliphatic hydroxyl groups is 1. The quantitative estimate of drug-likeness (QED) is 0.874. The lowest BCUT2D eigenvalue weighted by molar-refractivity contribution is 0.107. The van der Waals surface area contributed by atoms with Gasteiger partial charge in [-0.25, -0.2) is 4.68 Å². The molecule has 0 aliphatic carbocycles. The molecule has 2 heterocycles. The number of nitrogens with zero attached hydrogens (tertiary/aromatic N) is 3. The first-order valence-corrected chi connectivity index (χ1v) is 6.74. The van der Waals surface area contributed by atoms with Gasteiger partial charge in [0.2, 0.25) is 0 Å². The third kappa shape index (κ3) is 2.52. The van der Waals surface area contributed by atoms with Crippen LogP contribution in [0.25, 0.3) is 5.69 Å². The summed E-state index contributed by atoms with van der Waals surface area (Å²) in [5.41, 5.74) is 1.66. The number of aliphatic hydroxyl groups excluding tert-OH is 1. The fourth-order valence-corrected chi connectivity index (χ4v) is 2.57. The number of piperidine rings is 1. The van der Waals surface area contributed by atoms with Gasteiger partial charge in [-0.2, -0.15) is 0 Å². The number of rotatable bonds is 3. The van der Waals surface area contributed by atoms with E-state index in [-0.39, 0.29) is 6.04 Å². The molecule has 1 aliphatic rings. The molecule has 5 nitrogen and oxygen atoms in total. The van der Waals surface area contributed by atoms with Crippen LogP contribution >= 0.6 is 0 Å². The van der Waals surface area contributed by atoms with E-state index < -0.39 is 6.10 Å². The van der Waals surface area contributed by atoms with Gasteiger partial charge in [-0.15, -0.1) is 5.10 Å². The van der Waals surface area contributed by atoms with E-state index in [0.29, 0.717) is 0 Å². The van der Waals surface area contributed by atoms with Crippen molar-refractivity contribution in [1.82, 2.24) is 20.3 Å². The van der Waals surface area contributed by atoms with Gasteiger partial charge in [-0.1, -0.05) is 29.8 Å². The molecule has 1 saturated heterocycles.